The number of hydrogen-bond donors (Lipinski definition) is 0. The Morgan fingerprint density at radius 1 is 1.11 bits per heavy atom. The number of halogens is 2. The van der Waals surface area contributed by atoms with E-state index in [1.807, 2.05) is 67.6 Å². The van der Waals surface area contributed by atoms with Gasteiger partial charge in [-0.05, 0) is 65.3 Å². The lowest BCUT2D eigenvalue weighted by Crippen LogP contribution is -2.21. The molecule has 0 spiro atoms. The maximum atomic E-state index is 12.8. The third-order valence-electron chi connectivity index (χ3n) is 4.18. The van der Waals surface area contributed by atoms with Gasteiger partial charge in [-0.3, -0.25) is 4.79 Å². The third-order valence-corrected chi connectivity index (χ3v) is 5.41. The fourth-order valence-corrected chi connectivity index (χ4v) is 3.23. The highest BCUT2D eigenvalue weighted by atomic mass is 79.9. The fourth-order valence-electron chi connectivity index (χ4n) is 2.81. The topological polar surface area (TPSA) is 45.8 Å². The molecule has 0 aliphatic carbocycles. The summed E-state index contributed by atoms with van der Waals surface area (Å²) in [4.78, 5) is 12.8. The Hall–Kier alpha value is -2.63. The summed E-state index contributed by atoms with van der Waals surface area (Å²) in [5.74, 6) is 1.08. The van der Waals surface area contributed by atoms with Gasteiger partial charge >= 0.3 is 0 Å². The molecule has 0 saturated carbocycles. The fraction of sp³-hybridized carbons (Fsp3) is 0.0476. The Morgan fingerprint density at radius 3 is 2.63 bits per heavy atom. The highest BCUT2D eigenvalue weighted by Crippen LogP contribution is 2.31. The van der Waals surface area contributed by atoms with E-state index in [4.69, 9.17) is 16.0 Å². The van der Waals surface area contributed by atoms with Gasteiger partial charge in [-0.2, -0.15) is 10.1 Å². The van der Waals surface area contributed by atoms with Gasteiger partial charge in [-0.1, -0.05) is 35.9 Å². The van der Waals surface area contributed by atoms with Crippen molar-refractivity contribution in [3.63, 3.8) is 0 Å². The molecular weight excluding hydrogens is 428 g/mol. The average Bonchev–Trinajstić information content (AvgIpc) is 3.25. The second kappa shape index (κ2) is 7.18. The van der Waals surface area contributed by atoms with Crippen molar-refractivity contribution in [2.24, 2.45) is 5.10 Å². The number of para-hydroxylation sites is 1. The highest BCUT2D eigenvalue weighted by molar-refractivity contribution is 9.10. The number of carbonyl (C=O) groups is 1. The molecule has 27 heavy (non-hydrogen) atoms. The van der Waals surface area contributed by atoms with E-state index in [2.05, 4.69) is 21.0 Å². The van der Waals surface area contributed by atoms with Gasteiger partial charge in [0.15, 0.2) is 0 Å². The summed E-state index contributed by atoms with van der Waals surface area (Å²) in [6.45, 7) is 1.81. The summed E-state index contributed by atoms with van der Waals surface area (Å²) in [5, 5.41) is 6.38. The minimum absolute atomic E-state index is 0.177. The third kappa shape index (κ3) is 3.48. The number of hydrogen-bond acceptors (Lipinski definition) is 3. The van der Waals surface area contributed by atoms with Crippen LogP contribution < -0.4 is 5.01 Å². The summed E-state index contributed by atoms with van der Waals surface area (Å²) in [7, 11) is 0. The Kier molecular flexibility index (Phi) is 4.72. The van der Waals surface area contributed by atoms with Crippen molar-refractivity contribution >= 4 is 50.9 Å². The lowest BCUT2D eigenvalue weighted by atomic mass is 10.1. The maximum absolute atomic E-state index is 12.8. The molecule has 2 aromatic carbocycles. The van der Waals surface area contributed by atoms with E-state index >= 15 is 0 Å². The molecule has 6 heteroatoms. The van der Waals surface area contributed by atoms with Gasteiger partial charge < -0.3 is 4.42 Å². The number of hydrazone groups is 1. The van der Waals surface area contributed by atoms with E-state index in [0.717, 1.165) is 15.7 Å². The molecule has 0 radical (unpaired) electrons. The zero-order valence-corrected chi connectivity index (χ0v) is 16.7. The molecule has 1 aliphatic heterocycles. The second-order valence-electron chi connectivity index (χ2n) is 6.03. The second-order valence-corrected chi connectivity index (χ2v) is 7.29. The molecule has 1 amide bonds. The number of amides is 1. The predicted octanol–water partition coefficient (Wildman–Crippen LogP) is 6.17. The molecule has 3 aromatic rings. The first-order valence-electron chi connectivity index (χ1n) is 8.25. The largest absolute Gasteiger partial charge is 0.457 e. The molecular formula is C21H14BrClN2O2. The SMILES string of the molecule is CC1=NN(c2ccccc2)C(=O)/C1=C/c1ccc(-c2ccc(Br)c(Cl)c2)o1. The molecule has 0 fully saturated rings. The lowest BCUT2D eigenvalue weighted by molar-refractivity contribution is -0.114. The van der Waals surface area contributed by atoms with Crippen LogP contribution in [0.15, 0.2) is 80.2 Å². The number of nitrogens with zero attached hydrogens (tertiary/aromatic N) is 2. The summed E-state index contributed by atoms with van der Waals surface area (Å²) >= 11 is 9.53. The predicted molar refractivity (Wildman–Crippen MR) is 112 cm³/mol. The molecule has 1 aromatic heterocycles. The van der Waals surface area contributed by atoms with Gasteiger partial charge in [0, 0.05) is 10.0 Å². The van der Waals surface area contributed by atoms with Crippen LogP contribution in [0.2, 0.25) is 5.02 Å². The standard InChI is InChI=1S/C21H14BrClN2O2/c1-13-17(21(26)25(24-13)15-5-3-2-4-6-15)12-16-8-10-20(27-16)14-7-9-18(22)19(23)11-14/h2-12H,1H3/b17-12+. The van der Waals surface area contributed by atoms with Gasteiger partial charge in [0.1, 0.15) is 11.5 Å². The van der Waals surface area contributed by atoms with Crippen LogP contribution in [-0.2, 0) is 4.79 Å². The van der Waals surface area contributed by atoms with Crippen LogP contribution in [0.25, 0.3) is 17.4 Å². The first-order valence-corrected chi connectivity index (χ1v) is 9.42. The normalized spacial score (nSPS) is 15.5. The van der Waals surface area contributed by atoms with Crippen LogP contribution in [0.1, 0.15) is 12.7 Å². The van der Waals surface area contributed by atoms with E-state index in [-0.39, 0.29) is 5.91 Å². The van der Waals surface area contributed by atoms with Crippen LogP contribution in [0.4, 0.5) is 5.69 Å². The van der Waals surface area contributed by atoms with E-state index in [0.29, 0.717) is 27.8 Å². The molecule has 4 rings (SSSR count). The molecule has 134 valence electrons. The van der Waals surface area contributed by atoms with Crippen LogP contribution in [0.3, 0.4) is 0 Å². The summed E-state index contributed by atoms with van der Waals surface area (Å²) in [5.41, 5.74) is 2.75. The van der Waals surface area contributed by atoms with Crippen LogP contribution in [0, 0.1) is 0 Å². The van der Waals surface area contributed by atoms with Crippen molar-refractivity contribution in [3.8, 4) is 11.3 Å². The van der Waals surface area contributed by atoms with Crippen molar-refractivity contribution in [2.75, 3.05) is 5.01 Å². The zero-order valence-electron chi connectivity index (χ0n) is 14.3. The minimum Gasteiger partial charge on any atom is -0.457 e. The van der Waals surface area contributed by atoms with E-state index < -0.39 is 0 Å². The molecule has 0 saturated heterocycles. The molecule has 0 N–H and O–H groups in total. The van der Waals surface area contributed by atoms with Gasteiger partial charge in [0.25, 0.3) is 5.91 Å². The first kappa shape index (κ1) is 17.8. The quantitative estimate of drug-likeness (QED) is 0.456. The van der Waals surface area contributed by atoms with Gasteiger partial charge in [0.2, 0.25) is 0 Å². The molecule has 0 atom stereocenters. The molecule has 0 unspecified atom stereocenters. The minimum atomic E-state index is -0.177. The summed E-state index contributed by atoms with van der Waals surface area (Å²) in [6, 6.07) is 18.6. The number of benzene rings is 2. The molecule has 1 aliphatic rings. The Balaban J connectivity index is 1.63. The molecule has 4 nitrogen and oxygen atoms in total. The Bertz CT molecular complexity index is 1090. The summed E-state index contributed by atoms with van der Waals surface area (Å²) in [6.07, 6.45) is 1.72. The Morgan fingerprint density at radius 2 is 1.89 bits per heavy atom. The van der Waals surface area contributed by atoms with Crippen molar-refractivity contribution in [1.82, 2.24) is 0 Å². The van der Waals surface area contributed by atoms with E-state index in [1.165, 1.54) is 5.01 Å². The van der Waals surface area contributed by atoms with Crippen LogP contribution >= 0.6 is 27.5 Å². The average molecular weight is 442 g/mol. The van der Waals surface area contributed by atoms with Gasteiger partial charge in [-0.15, -0.1) is 0 Å². The van der Waals surface area contributed by atoms with E-state index in [9.17, 15) is 4.79 Å². The Labute approximate surface area is 169 Å². The molecule has 2 heterocycles. The summed E-state index contributed by atoms with van der Waals surface area (Å²) < 4.78 is 6.71. The van der Waals surface area contributed by atoms with Crippen LogP contribution in [0.5, 0.6) is 0 Å². The highest BCUT2D eigenvalue weighted by Gasteiger charge is 2.28. The van der Waals surface area contributed by atoms with E-state index in [1.54, 1.807) is 6.08 Å². The zero-order chi connectivity index (χ0) is 19.0. The lowest BCUT2D eigenvalue weighted by Gasteiger charge is -2.10. The van der Waals surface area contributed by atoms with Crippen LogP contribution in [-0.4, -0.2) is 11.6 Å². The smallest absolute Gasteiger partial charge is 0.280 e. The van der Waals surface area contributed by atoms with Gasteiger partial charge in [-0.25, -0.2) is 0 Å². The number of anilines is 1. The number of rotatable bonds is 3. The van der Waals surface area contributed by atoms with Crippen molar-refractivity contribution in [3.05, 3.63) is 81.5 Å². The number of furan rings is 1. The van der Waals surface area contributed by atoms with Gasteiger partial charge in [0.05, 0.1) is 22.0 Å². The van der Waals surface area contributed by atoms with Crippen molar-refractivity contribution in [2.45, 2.75) is 6.92 Å². The van der Waals surface area contributed by atoms with Crippen molar-refractivity contribution < 1.29 is 9.21 Å². The number of carbonyl (C=O) groups excluding carboxylic acids is 1. The first-order chi connectivity index (χ1) is 13.0. The monoisotopic (exact) mass is 440 g/mol. The maximum Gasteiger partial charge on any atom is 0.280 e. The van der Waals surface area contributed by atoms with Crippen molar-refractivity contribution in [1.29, 1.82) is 0 Å². The molecule has 0 bridgehead atoms.